The highest BCUT2D eigenvalue weighted by Crippen LogP contribution is 2.54. The molecule has 0 bridgehead atoms. The Labute approximate surface area is 175 Å². The van der Waals surface area contributed by atoms with Crippen LogP contribution in [0.5, 0.6) is 0 Å². The summed E-state index contributed by atoms with van der Waals surface area (Å²) in [4.78, 5) is 42.1. The van der Waals surface area contributed by atoms with Crippen LogP contribution >= 0.6 is 0 Å². The van der Waals surface area contributed by atoms with Gasteiger partial charge < -0.3 is 5.32 Å². The summed E-state index contributed by atoms with van der Waals surface area (Å²) >= 11 is 0. The van der Waals surface area contributed by atoms with Gasteiger partial charge in [-0.3, -0.25) is 19.7 Å². The lowest BCUT2D eigenvalue weighted by Crippen LogP contribution is -2.54. The van der Waals surface area contributed by atoms with E-state index >= 15 is 0 Å². The number of anilines is 2. The SMILES string of the molecule is Cc1cccc(N2C(=O)[C@@H]3[C@@H](C(C)C)N[C@@]4(C(=O)Nc5ccccc54)[C@@H]3C2=O)c1C. The van der Waals surface area contributed by atoms with E-state index in [0.717, 1.165) is 16.7 Å². The molecule has 0 unspecified atom stereocenters. The molecule has 0 aliphatic carbocycles. The van der Waals surface area contributed by atoms with Crippen LogP contribution < -0.4 is 15.5 Å². The summed E-state index contributed by atoms with van der Waals surface area (Å²) in [6.45, 7) is 7.92. The smallest absolute Gasteiger partial charge is 0.250 e. The number of imide groups is 1. The average molecular weight is 403 g/mol. The van der Waals surface area contributed by atoms with Crippen molar-refractivity contribution < 1.29 is 14.4 Å². The van der Waals surface area contributed by atoms with E-state index in [1.165, 1.54) is 4.90 Å². The van der Waals surface area contributed by atoms with Gasteiger partial charge in [0.05, 0.1) is 17.5 Å². The van der Waals surface area contributed by atoms with Gasteiger partial charge in [0.25, 0.3) is 0 Å². The first kappa shape index (κ1) is 19.0. The number of benzene rings is 2. The van der Waals surface area contributed by atoms with Crippen molar-refractivity contribution in [1.29, 1.82) is 0 Å². The molecule has 3 aliphatic heterocycles. The van der Waals surface area contributed by atoms with Gasteiger partial charge in [-0.15, -0.1) is 0 Å². The molecule has 0 radical (unpaired) electrons. The fourth-order valence-corrected chi connectivity index (χ4v) is 5.48. The molecule has 6 heteroatoms. The van der Waals surface area contributed by atoms with Gasteiger partial charge in [0.1, 0.15) is 5.54 Å². The van der Waals surface area contributed by atoms with E-state index in [2.05, 4.69) is 10.6 Å². The number of fused-ring (bicyclic) bond motifs is 4. The Bertz CT molecular complexity index is 1110. The zero-order chi connectivity index (χ0) is 21.4. The molecule has 154 valence electrons. The predicted molar refractivity (Wildman–Crippen MR) is 114 cm³/mol. The Morgan fingerprint density at radius 3 is 2.43 bits per heavy atom. The van der Waals surface area contributed by atoms with Crippen molar-refractivity contribution in [2.45, 2.75) is 39.3 Å². The van der Waals surface area contributed by atoms with Gasteiger partial charge in [-0.1, -0.05) is 44.2 Å². The largest absolute Gasteiger partial charge is 0.324 e. The maximum Gasteiger partial charge on any atom is 0.250 e. The molecule has 2 N–H and O–H groups in total. The third-order valence-corrected chi connectivity index (χ3v) is 7.09. The van der Waals surface area contributed by atoms with Gasteiger partial charge in [-0.25, -0.2) is 4.90 Å². The first-order chi connectivity index (χ1) is 14.3. The van der Waals surface area contributed by atoms with E-state index in [-0.39, 0.29) is 29.7 Å². The minimum Gasteiger partial charge on any atom is -0.324 e. The average Bonchev–Trinajstić information content (AvgIpc) is 3.30. The number of amides is 3. The summed E-state index contributed by atoms with van der Waals surface area (Å²) in [5.74, 6) is -2.08. The summed E-state index contributed by atoms with van der Waals surface area (Å²) in [5.41, 5.74) is 2.75. The third kappa shape index (κ3) is 2.20. The number of para-hydroxylation sites is 1. The minimum absolute atomic E-state index is 0.0766. The summed E-state index contributed by atoms with van der Waals surface area (Å²) in [5, 5.41) is 6.38. The monoisotopic (exact) mass is 403 g/mol. The van der Waals surface area contributed by atoms with Gasteiger partial charge in [0.2, 0.25) is 17.7 Å². The topological polar surface area (TPSA) is 78.5 Å². The van der Waals surface area contributed by atoms with Crippen LogP contribution in [0.3, 0.4) is 0 Å². The van der Waals surface area contributed by atoms with Gasteiger partial charge in [0.15, 0.2) is 0 Å². The highest BCUT2D eigenvalue weighted by Gasteiger charge is 2.71. The molecule has 30 heavy (non-hydrogen) atoms. The molecule has 6 nitrogen and oxygen atoms in total. The Morgan fingerprint density at radius 2 is 1.70 bits per heavy atom. The van der Waals surface area contributed by atoms with Gasteiger partial charge in [-0.2, -0.15) is 0 Å². The zero-order valence-corrected chi connectivity index (χ0v) is 17.5. The first-order valence-corrected chi connectivity index (χ1v) is 10.4. The van der Waals surface area contributed by atoms with Crippen molar-refractivity contribution in [3.8, 4) is 0 Å². The summed E-state index contributed by atoms with van der Waals surface area (Å²) in [7, 11) is 0. The maximum atomic E-state index is 13.8. The Kier molecular flexibility index (Phi) is 3.96. The molecule has 3 heterocycles. The van der Waals surface area contributed by atoms with Crippen molar-refractivity contribution in [2.24, 2.45) is 17.8 Å². The number of carbonyl (C=O) groups is 3. The molecule has 5 rings (SSSR count). The lowest BCUT2D eigenvalue weighted by Gasteiger charge is -2.30. The molecule has 0 saturated carbocycles. The Balaban J connectivity index is 1.71. The summed E-state index contributed by atoms with van der Waals surface area (Å²) in [6, 6.07) is 12.8. The van der Waals surface area contributed by atoms with E-state index in [4.69, 9.17) is 0 Å². The van der Waals surface area contributed by atoms with Crippen LogP contribution in [0, 0.1) is 31.6 Å². The van der Waals surface area contributed by atoms with Crippen molar-refractivity contribution in [3.05, 3.63) is 59.2 Å². The molecule has 2 aromatic rings. The number of hydrogen-bond acceptors (Lipinski definition) is 4. The lowest BCUT2D eigenvalue weighted by atomic mass is 9.76. The van der Waals surface area contributed by atoms with Crippen LogP contribution in [0.4, 0.5) is 11.4 Å². The molecule has 2 saturated heterocycles. The molecule has 0 aromatic heterocycles. The van der Waals surface area contributed by atoms with E-state index in [1.807, 2.05) is 70.2 Å². The van der Waals surface area contributed by atoms with Crippen molar-refractivity contribution in [2.75, 3.05) is 10.2 Å². The lowest BCUT2D eigenvalue weighted by molar-refractivity contribution is -0.130. The normalized spacial score (nSPS) is 29.7. The van der Waals surface area contributed by atoms with Crippen LogP contribution in [-0.2, 0) is 19.9 Å². The molecule has 4 atom stereocenters. The molecular weight excluding hydrogens is 378 g/mol. The summed E-state index contributed by atoms with van der Waals surface area (Å²) in [6.07, 6.45) is 0. The number of aryl methyl sites for hydroxylation is 1. The van der Waals surface area contributed by atoms with Crippen LogP contribution in [-0.4, -0.2) is 23.8 Å². The fourth-order valence-electron chi connectivity index (χ4n) is 5.48. The van der Waals surface area contributed by atoms with E-state index in [0.29, 0.717) is 11.4 Å². The van der Waals surface area contributed by atoms with Crippen molar-refractivity contribution in [1.82, 2.24) is 5.32 Å². The quantitative estimate of drug-likeness (QED) is 0.756. The molecule has 3 aliphatic rings. The Morgan fingerprint density at radius 1 is 0.967 bits per heavy atom. The number of hydrogen-bond donors (Lipinski definition) is 2. The van der Waals surface area contributed by atoms with Crippen LogP contribution in [0.15, 0.2) is 42.5 Å². The Hall–Kier alpha value is -2.99. The molecular formula is C24H25N3O3. The van der Waals surface area contributed by atoms with Crippen LogP contribution in [0.2, 0.25) is 0 Å². The predicted octanol–water partition coefficient (Wildman–Crippen LogP) is 2.88. The second-order valence-electron chi connectivity index (χ2n) is 8.96. The molecule has 3 amide bonds. The second-order valence-corrected chi connectivity index (χ2v) is 8.96. The number of nitrogens with zero attached hydrogens (tertiary/aromatic N) is 1. The van der Waals surface area contributed by atoms with Crippen molar-refractivity contribution in [3.63, 3.8) is 0 Å². The van der Waals surface area contributed by atoms with E-state index in [1.54, 1.807) is 0 Å². The van der Waals surface area contributed by atoms with Gasteiger partial charge >= 0.3 is 0 Å². The van der Waals surface area contributed by atoms with Gasteiger partial charge in [0, 0.05) is 17.3 Å². The maximum absolute atomic E-state index is 13.8. The van der Waals surface area contributed by atoms with Crippen LogP contribution in [0.25, 0.3) is 0 Å². The molecule has 2 aromatic carbocycles. The zero-order valence-electron chi connectivity index (χ0n) is 17.5. The van der Waals surface area contributed by atoms with Gasteiger partial charge in [-0.05, 0) is 43.0 Å². The highest BCUT2D eigenvalue weighted by molar-refractivity contribution is 6.26. The van der Waals surface area contributed by atoms with E-state index < -0.39 is 17.4 Å². The van der Waals surface area contributed by atoms with Crippen LogP contribution in [0.1, 0.15) is 30.5 Å². The number of rotatable bonds is 2. The minimum atomic E-state index is -1.23. The second kappa shape index (κ2) is 6.25. The van der Waals surface area contributed by atoms with Crippen molar-refractivity contribution >= 4 is 29.1 Å². The number of carbonyl (C=O) groups excluding carboxylic acids is 3. The number of nitrogens with one attached hydrogen (secondary N) is 2. The summed E-state index contributed by atoms with van der Waals surface area (Å²) < 4.78 is 0. The standard InChI is InChI=1S/C24H25N3O3/c1-12(2)20-18-19(24(26-20)15-9-5-6-10-16(15)25-23(24)30)22(29)27(21(18)28)17-11-7-8-13(3)14(17)4/h5-12,18-20,26H,1-4H3,(H,25,30)/t18-,19-,20+,24+/m0/s1. The first-order valence-electron chi connectivity index (χ1n) is 10.4. The fraction of sp³-hybridized carbons (Fsp3) is 0.375. The van der Waals surface area contributed by atoms with E-state index in [9.17, 15) is 14.4 Å². The third-order valence-electron chi connectivity index (χ3n) is 7.09. The highest BCUT2D eigenvalue weighted by atomic mass is 16.2. The molecule has 1 spiro atoms. The molecule has 2 fully saturated rings.